The van der Waals surface area contributed by atoms with E-state index in [0.29, 0.717) is 22.6 Å². The average Bonchev–Trinajstić information content (AvgIpc) is 3.23. The van der Waals surface area contributed by atoms with Gasteiger partial charge in [0.05, 0.1) is 17.7 Å². The second-order valence-corrected chi connectivity index (χ2v) is 5.70. The second-order valence-electron chi connectivity index (χ2n) is 5.70. The van der Waals surface area contributed by atoms with E-state index in [4.69, 9.17) is 4.42 Å². The van der Waals surface area contributed by atoms with E-state index in [1.807, 2.05) is 0 Å². The summed E-state index contributed by atoms with van der Waals surface area (Å²) in [4.78, 5) is 41.9. The minimum Gasteiger partial charge on any atom is -0.454 e. The van der Waals surface area contributed by atoms with Crippen LogP contribution in [-0.2, 0) is 6.54 Å². The summed E-state index contributed by atoms with van der Waals surface area (Å²) < 4.78 is 5.50. The zero-order chi connectivity index (χ0) is 18.1. The lowest BCUT2D eigenvalue weighted by Gasteiger charge is -2.11. The van der Waals surface area contributed by atoms with Crippen molar-refractivity contribution in [3.8, 4) is 0 Å². The summed E-state index contributed by atoms with van der Waals surface area (Å²) in [6.07, 6.45) is 3.12. The summed E-state index contributed by atoms with van der Waals surface area (Å²) in [6, 6.07) is 13.0. The van der Waals surface area contributed by atoms with Crippen molar-refractivity contribution >= 4 is 23.4 Å². The Labute approximate surface area is 148 Å². The van der Waals surface area contributed by atoms with Gasteiger partial charge in [0.1, 0.15) is 5.76 Å². The second kappa shape index (κ2) is 6.29. The largest absolute Gasteiger partial charge is 0.454 e. The first-order valence-electron chi connectivity index (χ1n) is 7.89. The Morgan fingerprint density at radius 3 is 2.27 bits per heavy atom. The molecule has 7 nitrogen and oxygen atoms in total. The maximum atomic E-state index is 12.4. The summed E-state index contributed by atoms with van der Waals surface area (Å²) in [5.74, 6) is -0.729. The monoisotopic (exact) mass is 347 g/mol. The Morgan fingerprint density at radius 2 is 1.62 bits per heavy atom. The number of carbonyl (C=O) groups excluding carboxylic acids is 3. The van der Waals surface area contributed by atoms with Gasteiger partial charge in [-0.2, -0.15) is 0 Å². The number of aromatic nitrogens is 1. The number of hydrogen-bond donors (Lipinski definition) is 1. The summed E-state index contributed by atoms with van der Waals surface area (Å²) in [5, 5.41) is 2.68. The highest BCUT2D eigenvalue weighted by Gasteiger charge is 2.35. The van der Waals surface area contributed by atoms with Gasteiger partial charge >= 0.3 is 0 Å². The zero-order valence-corrected chi connectivity index (χ0v) is 13.5. The average molecular weight is 347 g/mol. The van der Waals surface area contributed by atoms with Crippen LogP contribution in [0.2, 0.25) is 0 Å². The molecule has 0 spiro atoms. The number of benzene rings is 1. The fourth-order valence-electron chi connectivity index (χ4n) is 2.75. The molecule has 3 heterocycles. The van der Waals surface area contributed by atoms with E-state index >= 15 is 0 Å². The Morgan fingerprint density at radius 1 is 0.962 bits per heavy atom. The molecule has 3 amide bonds. The van der Waals surface area contributed by atoms with Gasteiger partial charge in [-0.1, -0.05) is 12.1 Å². The van der Waals surface area contributed by atoms with Gasteiger partial charge in [-0.15, -0.1) is 0 Å². The molecule has 4 rings (SSSR count). The van der Waals surface area contributed by atoms with E-state index in [9.17, 15) is 14.4 Å². The number of furan rings is 1. The molecule has 26 heavy (non-hydrogen) atoms. The molecule has 3 aromatic rings. The third-order valence-corrected chi connectivity index (χ3v) is 4.02. The minimum absolute atomic E-state index is 0.0329. The molecule has 1 aliphatic rings. The molecule has 0 saturated heterocycles. The van der Waals surface area contributed by atoms with Crippen molar-refractivity contribution in [3.05, 3.63) is 83.6 Å². The van der Waals surface area contributed by atoms with Crippen molar-refractivity contribution in [2.24, 2.45) is 0 Å². The van der Waals surface area contributed by atoms with Gasteiger partial charge < -0.3 is 9.73 Å². The molecule has 0 saturated carbocycles. The predicted octanol–water partition coefficient (Wildman–Crippen LogP) is 2.72. The molecule has 1 N–H and O–H groups in total. The molecule has 0 unspecified atom stereocenters. The van der Waals surface area contributed by atoms with E-state index in [0.717, 1.165) is 4.90 Å². The lowest BCUT2D eigenvalue weighted by atomic mass is 10.1. The van der Waals surface area contributed by atoms with Crippen molar-refractivity contribution < 1.29 is 18.8 Å². The summed E-state index contributed by atoms with van der Waals surface area (Å²) in [6.45, 7) is -0.0329. The van der Waals surface area contributed by atoms with Crippen molar-refractivity contribution in [2.45, 2.75) is 6.54 Å². The van der Waals surface area contributed by atoms with Crippen LogP contribution >= 0.6 is 0 Å². The van der Waals surface area contributed by atoms with Crippen LogP contribution in [0.1, 0.15) is 37.0 Å². The topological polar surface area (TPSA) is 92.5 Å². The Kier molecular flexibility index (Phi) is 3.81. The van der Waals surface area contributed by atoms with Crippen LogP contribution < -0.4 is 5.32 Å². The lowest BCUT2D eigenvalue weighted by Crippen LogP contribution is -2.28. The number of fused-ring (bicyclic) bond motifs is 1. The fraction of sp³-hybridized carbons (Fsp3) is 0.0526. The van der Waals surface area contributed by atoms with E-state index in [1.165, 1.54) is 6.07 Å². The maximum Gasteiger partial charge on any atom is 0.291 e. The van der Waals surface area contributed by atoms with Crippen LogP contribution in [-0.4, -0.2) is 27.6 Å². The van der Waals surface area contributed by atoms with E-state index in [-0.39, 0.29) is 24.1 Å². The molecular weight excluding hydrogens is 334 g/mol. The van der Waals surface area contributed by atoms with Gasteiger partial charge in [0.2, 0.25) is 0 Å². The molecule has 2 aromatic heterocycles. The summed E-state index contributed by atoms with van der Waals surface area (Å²) >= 11 is 0. The first-order valence-corrected chi connectivity index (χ1v) is 7.89. The van der Waals surface area contributed by atoms with Gasteiger partial charge in [-0.05, 0) is 36.4 Å². The Balaban J connectivity index is 1.49. The SMILES string of the molecule is O=C(Nc1ccncc1)c1ccc(CN2C(=O)c3ccccc3C2=O)o1. The van der Waals surface area contributed by atoms with Crippen LogP contribution in [0, 0.1) is 0 Å². The zero-order valence-electron chi connectivity index (χ0n) is 13.5. The van der Waals surface area contributed by atoms with Crippen LogP contribution in [0.4, 0.5) is 5.69 Å². The molecule has 1 aliphatic heterocycles. The van der Waals surface area contributed by atoms with Gasteiger partial charge in [-0.3, -0.25) is 24.3 Å². The third kappa shape index (κ3) is 2.75. The highest BCUT2D eigenvalue weighted by atomic mass is 16.4. The van der Waals surface area contributed by atoms with Gasteiger partial charge in [-0.25, -0.2) is 0 Å². The molecule has 0 fully saturated rings. The van der Waals surface area contributed by atoms with Crippen molar-refractivity contribution in [2.75, 3.05) is 5.32 Å². The normalized spacial score (nSPS) is 13.0. The maximum absolute atomic E-state index is 12.4. The number of rotatable bonds is 4. The highest BCUT2D eigenvalue weighted by molar-refractivity contribution is 6.21. The molecule has 1 aromatic carbocycles. The van der Waals surface area contributed by atoms with E-state index in [2.05, 4.69) is 10.3 Å². The van der Waals surface area contributed by atoms with Crippen molar-refractivity contribution in [1.29, 1.82) is 0 Å². The quantitative estimate of drug-likeness (QED) is 0.733. The van der Waals surface area contributed by atoms with Crippen LogP contribution in [0.5, 0.6) is 0 Å². The van der Waals surface area contributed by atoms with Gasteiger partial charge in [0.15, 0.2) is 5.76 Å². The number of anilines is 1. The smallest absolute Gasteiger partial charge is 0.291 e. The number of pyridine rings is 1. The number of amides is 3. The molecule has 0 radical (unpaired) electrons. The minimum atomic E-state index is -0.426. The Bertz CT molecular complexity index is 975. The predicted molar refractivity (Wildman–Crippen MR) is 91.5 cm³/mol. The van der Waals surface area contributed by atoms with Crippen molar-refractivity contribution in [1.82, 2.24) is 9.88 Å². The number of hydrogen-bond acceptors (Lipinski definition) is 5. The number of carbonyl (C=O) groups is 3. The number of nitrogens with zero attached hydrogens (tertiary/aromatic N) is 2. The molecule has 128 valence electrons. The lowest BCUT2D eigenvalue weighted by molar-refractivity contribution is 0.0631. The summed E-state index contributed by atoms with van der Waals surface area (Å²) in [7, 11) is 0. The van der Waals surface area contributed by atoms with Gasteiger partial charge in [0.25, 0.3) is 17.7 Å². The molecule has 0 atom stereocenters. The van der Waals surface area contributed by atoms with Crippen LogP contribution in [0.25, 0.3) is 0 Å². The van der Waals surface area contributed by atoms with Gasteiger partial charge in [0, 0.05) is 18.1 Å². The molecular formula is C19H13N3O4. The van der Waals surface area contributed by atoms with E-state index < -0.39 is 5.91 Å². The molecule has 0 aliphatic carbocycles. The standard InChI is InChI=1S/C19H13N3O4/c23-17(21-12-7-9-20-10-8-12)16-6-5-13(26-16)11-22-18(24)14-3-1-2-4-15(14)19(22)25/h1-10H,11H2,(H,20,21,23). The van der Waals surface area contributed by atoms with Crippen LogP contribution in [0.15, 0.2) is 65.3 Å². The van der Waals surface area contributed by atoms with Crippen LogP contribution in [0.3, 0.4) is 0 Å². The summed E-state index contributed by atoms with van der Waals surface area (Å²) in [5.41, 5.74) is 1.34. The molecule has 0 bridgehead atoms. The van der Waals surface area contributed by atoms with E-state index in [1.54, 1.807) is 54.9 Å². The highest BCUT2D eigenvalue weighted by Crippen LogP contribution is 2.24. The molecule has 7 heteroatoms. The fourth-order valence-corrected chi connectivity index (χ4v) is 2.75. The number of nitrogens with one attached hydrogen (secondary N) is 1. The first-order chi connectivity index (χ1) is 12.6. The third-order valence-electron chi connectivity index (χ3n) is 4.02. The Hall–Kier alpha value is -3.74. The first kappa shape index (κ1) is 15.8. The van der Waals surface area contributed by atoms with Crippen molar-refractivity contribution in [3.63, 3.8) is 0 Å². The number of imide groups is 1.